The number of rotatable bonds is 28. The highest BCUT2D eigenvalue weighted by molar-refractivity contribution is 5.86. The van der Waals surface area contributed by atoms with Crippen LogP contribution in [-0.2, 0) is 14.3 Å². The fourth-order valence-electron chi connectivity index (χ4n) is 4.72. The fourth-order valence-corrected chi connectivity index (χ4v) is 4.72. The molecule has 0 fully saturated rings. The number of hydrogen-bond donors (Lipinski definition) is 0. The summed E-state index contributed by atoms with van der Waals surface area (Å²) in [7, 11) is 0. The lowest BCUT2D eigenvalue weighted by Crippen LogP contribution is -2.30. The number of carboxylic acid groups (broad SMARTS) is 2. The average molecular weight is 521 g/mol. The smallest absolute Gasteiger partial charge is 0.0738 e. The van der Waals surface area contributed by atoms with Gasteiger partial charge in [0, 0.05) is 0 Å². The predicted octanol–water partition coefficient (Wildman–Crippen LogP) is 6.98. The Kier molecular flexibility index (Phi) is 24.9. The number of aliphatic carboxylic acids is 2. The molecule has 0 atom stereocenters. The van der Waals surface area contributed by atoms with Crippen molar-refractivity contribution in [2.24, 2.45) is 0 Å². The standard InChI is InChI=1S/C32H58O5/c1-4-6-8-10-12-14-16-18-20-22-24-29(25-23-21-19-17-15-13-11-9-7-5-2)30(32(35)36)27-37-26-28(3)31(33)34/h3-27H2,1-2H3,(H,33,34)(H,35,36)/p-2. The first-order valence-corrected chi connectivity index (χ1v) is 15.3. The van der Waals surface area contributed by atoms with E-state index in [-0.39, 0.29) is 24.4 Å². The molecule has 37 heavy (non-hydrogen) atoms. The van der Waals surface area contributed by atoms with Gasteiger partial charge in [0.1, 0.15) is 0 Å². The molecule has 0 aliphatic heterocycles. The molecule has 0 radical (unpaired) electrons. The topological polar surface area (TPSA) is 89.5 Å². The van der Waals surface area contributed by atoms with Gasteiger partial charge in [-0.15, -0.1) is 0 Å². The van der Waals surface area contributed by atoms with E-state index in [0.29, 0.717) is 0 Å². The monoisotopic (exact) mass is 520 g/mol. The molecule has 0 spiro atoms. The maximum absolute atomic E-state index is 11.9. The van der Waals surface area contributed by atoms with Gasteiger partial charge in [-0.3, -0.25) is 0 Å². The van der Waals surface area contributed by atoms with Crippen molar-refractivity contribution in [1.29, 1.82) is 0 Å². The third kappa shape index (κ3) is 22.1. The van der Waals surface area contributed by atoms with Gasteiger partial charge in [-0.05, 0) is 36.8 Å². The maximum atomic E-state index is 11.9. The Morgan fingerprint density at radius 2 is 0.892 bits per heavy atom. The summed E-state index contributed by atoms with van der Waals surface area (Å²) in [4.78, 5) is 22.8. The first-order chi connectivity index (χ1) is 17.9. The van der Waals surface area contributed by atoms with E-state index in [2.05, 4.69) is 20.4 Å². The van der Waals surface area contributed by atoms with Crippen molar-refractivity contribution >= 4 is 11.9 Å². The molecule has 0 saturated heterocycles. The predicted molar refractivity (Wildman–Crippen MR) is 150 cm³/mol. The Hall–Kier alpha value is -1.62. The van der Waals surface area contributed by atoms with Gasteiger partial charge >= 0.3 is 0 Å². The first-order valence-electron chi connectivity index (χ1n) is 15.3. The molecular formula is C32H56O5-2. The van der Waals surface area contributed by atoms with Gasteiger partial charge in [-0.2, -0.15) is 0 Å². The summed E-state index contributed by atoms with van der Waals surface area (Å²) in [5.74, 6) is -2.59. The van der Waals surface area contributed by atoms with Crippen LogP contribution in [0, 0.1) is 0 Å². The van der Waals surface area contributed by atoms with Crippen LogP contribution in [0.15, 0.2) is 23.3 Å². The van der Waals surface area contributed by atoms with Crippen molar-refractivity contribution in [3.05, 3.63) is 23.3 Å². The van der Waals surface area contributed by atoms with Crippen LogP contribution in [0.4, 0.5) is 0 Å². The van der Waals surface area contributed by atoms with E-state index >= 15 is 0 Å². The summed E-state index contributed by atoms with van der Waals surface area (Å²) in [5.41, 5.74) is 0.889. The van der Waals surface area contributed by atoms with Crippen molar-refractivity contribution in [3.8, 4) is 0 Å². The van der Waals surface area contributed by atoms with Gasteiger partial charge in [0.05, 0.1) is 25.2 Å². The van der Waals surface area contributed by atoms with Crippen molar-refractivity contribution < 1.29 is 24.5 Å². The molecule has 0 aliphatic rings. The molecule has 5 heteroatoms. The van der Waals surface area contributed by atoms with E-state index in [4.69, 9.17) is 4.74 Å². The van der Waals surface area contributed by atoms with E-state index in [1.807, 2.05) is 0 Å². The van der Waals surface area contributed by atoms with Gasteiger partial charge in [0.25, 0.3) is 0 Å². The molecule has 0 amide bonds. The van der Waals surface area contributed by atoms with E-state index in [1.165, 1.54) is 103 Å². The normalized spacial score (nSPS) is 11.0. The summed E-state index contributed by atoms with van der Waals surface area (Å²) in [6, 6.07) is 0. The molecular weight excluding hydrogens is 464 g/mol. The average Bonchev–Trinajstić information content (AvgIpc) is 2.87. The number of carbonyl (C=O) groups excluding carboxylic acids is 2. The number of allylic oxidation sites excluding steroid dienone is 1. The van der Waals surface area contributed by atoms with Gasteiger partial charge in [-0.25, -0.2) is 0 Å². The quantitative estimate of drug-likeness (QED) is 0.0820. The Balaban J connectivity index is 4.58. The third-order valence-corrected chi connectivity index (χ3v) is 7.15. The lowest BCUT2D eigenvalue weighted by Gasteiger charge is -2.18. The number of carbonyl (C=O) groups is 2. The van der Waals surface area contributed by atoms with Gasteiger partial charge in [0.2, 0.25) is 0 Å². The zero-order valence-corrected chi connectivity index (χ0v) is 24.2. The molecule has 0 aromatic carbocycles. The van der Waals surface area contributed by atoms with Crippen LogP contribution in [0.5, 0.6) is 0 Å². The largest absolute Gasteiger partial charge is 0.545 e. The molecule has 0 unspecified atom stereocenters. The second kappa shape index (κ2) is 26.0. The maximum Gasteiger partial charge on any atom is 0.0738 e. The summed E-state index contributed by atoms with van der Waals surface area (Å²) in [5, 5.41) is 22.8. The summed E-state index contributed by atoms with van der Waals surface area (Å²) >= 11 is 0. The zero-order valence-electron chi connectivity index (χ0n) is 24.2. The number of unbranched alkanes of at least 4 members (excludes halogenated alkanes) is 18. The molecule has 0 rings (SSSR count). The van der Waals surface area contributed by atoms with Crippen molar-refractivity contribution in [1.82, 2.24) is 0 Å². The van der Waals surface area contributed by atoms with Crippen LogP contribution in [0.25, 0.3) is 0 Å². The zero-order chi connectivity index (χ0) is 27.6. The minimum atomic E-state index is -1.38. The first kappa shape index (κ1) is 35.4. The van der Waals surface area contributed by atoms with Crippen LogP contribution in [0.3, 0.4) is 0 Å². The molecule has 0 saturated carbocycles. The molecule has 0 aromatic heterocycles. The number of hydrogen-bond acceptors (Lipinski definition) is 5. The molecule has 5 nitrogen and oxygen atoms in total. The lowest BCUT2D eigenvalue weighted by molar-refractivity contribution is -0.300. The molecule has 0 aromatic rings. The van der Waals surface area contributed by atoms with Crippen molar-refractivity contribution in [2.45, 2.75) is 155 Å². The van der Waals surface area contributed by atoms with E-state index in [0.717, 1.165) is 44.1 Å². The SMILES string of the molecule is C=C(COCC(C(=O)[O-])=C(CCCCCCCCCCCC)CCCCCCCCCCCC)C(=O)[O-]. The highest BCUT2D eigenvalue weighted by Crippen LogP contribution is 2.23. The van der Waals surface area contributed by atoms with Gasteiger partial charge in [-0.1, -0.05) is 142 Å². The highest BCUT2D eigenvalue weighted by Gasteiger charge is 2.10. The molecule has 216 valence electrons. The summed E-state index contributed by atoms with van der Waals surface area (Å²) in [6.45, 7) is 7.46. The van der Waals surface area contributed by atoms with Crippen LogP contribution >= 0.6 is 0 Å². The second-order valence-corrected chi connectivity index (χ2v) is 10.6. The molecule has 0 heterocycles. The van der Waals surface area contributed by atoms with Gasteiger partial charge < -0.3 is 24.5 Å². The fraction of sp³-hybridized carbons (Fsp3) is 0.812. The summed E-state index contributed by atoms with van der Waals surface area (Å²) < 4.78 is 5.36. The number of ether oxygens (including phenoxy) is 1. The van der Waals surface area contributed by atoms with Crippen LogP contribution in [0.2, 0.25) is 0 Å². The minimum Gasteiger partial charge on any atom is -0.545 e. The Morgan fingerprint density at radius 1 is 0.541 bits per heavy atom. The minimum absolute atomic E-state index is 0.153. The van der Waals surface area contributed by atoms with Crippen LogP contribution < -0.4 is 10.2 Å². The highest BCUT2D eigenvalue weighted by atomic mass is 16.5. The van der Waals surface area contributed by atoms with Crippen LogP contribution in [0.1, 0.15) is 155 Å². The Bertz CT molecular complexity index is 597. The van der Waals surface area contributed by atoms with Gasteiger partial charge in [0.15, 0.2) is 0 Å². The van der Waals surface area contributed by atoms with Crippen molar-refractivity contribution in [3.63, 3.8) is 0 Å². The molecule has 0 bridgehead atoms. The Labute approximate surface area is 228 Å². The third-order valence-electron chi connectivity index (χ3n) is 7.15. The molecule has 0 aliphatic carbocycles. The van der Waals surface area contributed by atoms with E-state index in [9.17, 15) is 19.8 Å². The van der Waals surface area contributed by atoms with E-state index < -0.39 is 11.9 Å². The van der Waals surface area contributed by atoms with Crippen molar-refractivity contribution in [2.75, 3.05) is 13.2 Å². The molecule has 0 N–H and O–H groups in total. The van der Waals surface area contributed by atoms with E-state index in [1.54, 1.807) is 0 Å². The summed E-state index contributed by atoms with van der Waals surface area (Å²) in [6.07, 6.45) is 26.2. The number of carboxylic acids is 2. The van der Waals surface area contributed by atoms with Crippen LogP contribution in [-0.4, -0.2) is 25.2 Å². The lowest BCUT2D eigenvalue weighted by atomic mass is 9.95. The Morgan fingerprint density at radius 3 is 1.22 bits per heavy atom. The second-order valence-electron chi connectivity index (χ2n) is 10.6.